The van der Waals surface area contributed by atoms with Crippen LogP contribution in [0.1, 0.15) is 18.4 Å². The summed E-state index contributed by atoms with van der Waals surface area (Å²) in [7, 11) is 0. The number of hydrogen-bond donors (Lipinski definition) is 4. The van der Waals surface area contributed by atoms with Crippen molar-refractivity contribution in [3.8, 4) is 5.75 Å². The number of benzene rings is 2. The number of phenolic OH excluding ortho intramolecular Hbond substituents is 1. The normalized spacial score (nSPS) is 15.1. The van der Waals surface area contributed by atoms with Crippen LogP contribution in [0, 0.1) is 5.92 Å². The van der Waals surface area contributed by atoms with Crippen LogP contribution in [-0.2, 0) is 16.0 Å². The molecule has 1 fully saturated rings. The van der Waals surface area contributed by atoms with Crippen LogP contribution in [0.5, 0.6) is 5.75 Å². The van der Waals surface area contributed by atoms with Crippen molar-refractivity contribution < 1.29 is 14.7 Å². The molecule has 0 aliphatic carbocycles. The molecule has 7 heteroatoms. The van der Waals surface area contributed by atoms with E-state index in [1.165, 1.54) is 10.9 Å². The molecule has 7 nitrogen and oxygen atoms in total. The van der Waals surface area contributed by atoms with Gasteiger partial charge in [-0.3, -0.25) is 14.5 Å². The molecule has 0 spiro atoms. The Kier molecular flexibility index (Phi) is 6.52. The number of amides is 2. The van der Waals surface area contributed by atoms with Crippen molar-refractivity contribution in [1.82, 2.24) is 15.2 Å². The number of phenols is 1. The molecule has 3 aromatic rings. The molecule has 0 unspecified atom stereocenters. The summed E-state index contributed by atoms with van der Waals surface area (Å²) in [6.07, 6.45) is 4.18. The lowest BCUT2D eigenvalue weighted by atomic mass is 9.95. The summed E-state index contributed by atoms with van der Waals surface area (Å²) in [5.74, 6) is -0.111. The Balaban J connectivity index is 1.18. The van der Waals surface area contributed by atoms with Crippen molar-refractivity contribution >= 4 is 28.4 Å². The molecule has 4 rings (SSSR count). The van der Waals surface area contributed by atoms with Crippen LogP contribution in [0.25, 0.3) is 10.9 Å². The van der Waals surface area contributed by atoms with E-state index in [9.17, 15) is 14.7 Å². The molecule has 1 aliphatic heterocycles. The van der Waals surface area contributed by atoms with Crippen molar-refractivity contribution in [2.24, 2.45) is 5.92 Å². The summed E-state index contributed by atoms with van der Waals surface area (Å²) in [6.45, 7) is 2.35. The number of carbonyl (C=O) groups is 2. The highest BCUT2D eigenvalue weighted by atomic mass is 16.3. The maximum absolute atomic E-state index is 12.5. The monoisotopic (exact) mass is 420 g/mol. The van der Waals surface area contributed by atoms with Crippen LogP contribution in [0.15, 0.2) is 54.7 Å². The number of hydrogen-bond acceptors (Lipinski definition) is 4. The number of rotatable bonds is 7. The summed E-state index contributed by atoms with van der Waals surface area (Å²) in [5, 5.41) is 16.8. The lowest BCUT2D eigenvalue weighted by Crippen LogP contribution is -2.43. The van der Waals surface area contributed by atoms with Crippen molar-refractivity contribution in [3.05, 3.63) is 60.3 Å². The molecule has 0 radical (unpaired) electrons. The first-order chi connectivity index (χ1) is 15.1. The first-order valence-electron chi connectivity index (χ1n) is 10.7. The van der Waals surface area contributed by atoms with E-state index in [4.69, 9.17) is 0 Å². The first-order valence-corrected chi connectivity index (χ1v) is 10.7. The summed E-state index contributed by atoms with van der Waals surface area (Å²) >= 11 is 0. The molecule has 162 valence electrons. The zero-order chi connectivity index (χ0) is 21.6. The predicted octanol–water partition coefficient (Wildman–Crippen LogP) is 2.88. The number of carbonyl (C=O) groups excluding carboxylic acids is 2. The van der Waals surface area contributed by atoms with E-state index in [2.05, 4.69) is 26.6 Å². The minimum absolute atomic E-state index is 0.0111. The Hall–Kier alpha value is -3.32. The average molecular weight is 421 g/mol. The van der Waals surface area contributed by atoms with E-state index in [0.29, 0.717) is 44.7 Å². The second-order valence-corrected chi connectivity index (χ2v) is 8.02. The van der Waals surface area contributed by atoms with Crippen LogP contribution in [0.3, 0.4) is 0 Å². The molecular formula is C24H28N4O3. The minimum Gasteiger partial charge on any atom is -0.506 e. The fourth-order valence-electron chi connectivity index (χ4n) is 4.10. The second kappa shape index (κ2) is 9.66. The van der Waals surface area contributed by atoms with Gasteiger partial charge in [-0.25, -0.2) is 0 Å². The van der Waals surface area contributed by atoms with Crippen LogP contribution in [-0.4, -0.2) is 53.0 Å². The molecule has 1 aromatic heterocycles. The van der Waals surface area contributed by atoms with E-state index in [0.717, 1.165) is 11.9 Å². The Bertz CT molecular complexity index is 1050. The molecule has 1 aliphatic rings. The molecule has 0 bridgehead atoms. The van der Waals surface area contributed by atoms with E-state index < -0.39 is 0 Å². The van der Waals surface area contributed by atoms with E-state index in [1.807, 2.05) is 24.4 Å². The number of likely N-dealkylation sites (tertiary alicyclic amines) is 1. The van der Waals surface area contributed by atoms with Gasteiger partial charge in [0.2, 0.25) is 11.8 Å². The number of aromatic hydroxyl groups is 1. The van der Waals surface area contributed by atoms with Gasteiger partial charge in [-0.1, -0.05) is 30.3 Å². The molecule has 2 amide bonds. The Morgan fingerprint density at radius 3 is 2.61 bits per heavy atom. The Morgan fingerprint density at radius 1 is 1.06 bits per heavy atom. The highest BCUT2D eigenvalue weighted by molar-refractivity contribution is 5.94. The highest BCUT2D eigenvalue weighted by Gasteiger charge is 2.26. The third kappa shape index (κ3) is 5.24. The van der Waals surface area contributed by atoms with E-state index >= 15 is 0 Å². The van der Waals surface area contributed by atoms with Gasteiger partial charge in [-0.05, 0) is 56.1 Å². The average Bonchev–Trinajstić information content (AvgIpc) is 3.19. The van der Waals surface area contributed by atoms with Gasteiger partial charge >= 0.3 is 0 Å². The number of anilines is 1. The van der Waals surface area contributed by atoms with Gasteiger partial charge in [0.05, 0.1) is 12.2 Å². The predicted molar refractivity (Wildman–Crippen MR) is 121 cm³/mol. The molecule has 0 atom stereocenters. The molecule has 2 heterocycles. The minimum atomic E-state index is -0.110. The van der Waals surface area contributed by atoms with E-state index in [1.54, 1.807) is 24.3 Å². The Labute approximate surface area is 181 Å². The zero-order valence-corrected chi connectivity index (χ0v) is 17.4. The Morgan fingerprint density at radius 2 is 1.81 bits per heavy atom. The lowest BCUT2D eigenvalue weighted by molar-refractivity contribution is -0.123. The van der Waals surface area contributed by atoms with Crippen molar-refractivity contribution in [3.63, 3.8) is 0 Å². The van der Waals surface area contributed by atoms with Gasteiger partial charge in [-0.15, -0.1) is 0 Å². The van der Waals surface area contributed by atoms with Crippen LogP contribution < -0.4 is 10.6 Å². The largest absolute Gasteiger partial charge is 0.506 e. The number of aromatic nitrogens is 1. The van der Waals surface area contributed by atoms with Crippen LogP contribution >= 0.6 is 0 Å². The number of piperidine rings is 1. The number of nitrogens with one attached hydrogen (secondary N) is 3. The summed E-state index contributed by atoms with van der Waals surface area (Å²) in [5.41, 5.74) is 2.75. The SMILES string of the molecule is O=C(CN1CCC(C(=O)Nc2ccccc2O)CC1)NCCc1c[nH]c2ccccc12. The van der Waals surface area contributed by atoms with Gasteiger partial charge in [0.1, 0.15) is 5.75 Å². The number of fused-ring (bicyclic) bond motifs is 1. The molecule has 2 aromatic carbocycles. The molecule has 1 saturated heterocycles. The quantitative estimate of drug-likeness (QED) is 0.442. The van der Waals surface area contributed by atoms with Gasteiger partial charge in [-0.2, -0.15) is 0 Å². The molecular weight excluding hydrogens is 392 g/mol. The maximum atomic E-state index is 12.5. The third-order valence-electron chi connectivity index (χ3n) is 5.88. The standard InChI is InChI=1S/C24H28N4O3/c29-22-8-4-3-7-21(22)27-24(31)17-10-13-28(14-11-17)16-23(30)25-12-9-18-15-26-20-6-2-1-5-19(18)20/h1-8,15,17,26,29H,9-14,16H2,(H,25,30)(H,27,31). The number of nitrogens with zero attached hydrogens (tertiary/aromatic N) is 1. The van der Waals surface area contributed by atoms with E-state index in [-0.39, 0.29) is 23.5 Å². The topological polar surface area (TPSA) is 97.5 Å². The lowest BCUT2D eigenvalue weighted by Gasteiger charge is -2.30. The maximum Gasteiger partial charge on any atom is 0.234 e. The highest BCUT2D eigenvalue weighted by Crippen LogP contribution is 2.24. The van der Waals surface area contributed by atoms with Gasteiger partial charge < -0.3 is 20.7 Å². The summed E-state index contributed by atoms with van der Waals surface area (Å²) in [4.78, 5) is 30.1. The molecule has 31 heavy (non-hydrogen) atoms. The van der Waals surface area contributed by atoms with Crippen molar-refractivity contribution in [2.75, 3.05) is 31.5 Å². The smallest absolute Gasteiger partial charge is 0.234 e. The molecule has 0 saturated carbocycles. The first kappa shape index (κ1) is 20.9. The fourth-order valence-corrected chi connectivity index (χ4v) is 4.10. The van der Waals surface area contributed by atoms with Gasteiger partial charge in [0.15, 0.2) is 0 Å². The summed E-state index contributed by atoms with van der Waals surface area (Å²) < 4.78 is 0. The van der Waals surface area contributed by atoms with Gasteiger partial charge in [0.25, 0.3) is 0 Å². The number of aromatic amines is 1. The van der Waals surface area contributed by atoms with Crippen molar-refractivity contribution in [2.45, 2.75) is 19.3 Å². The third-order valence-corrected chi connectivity index (χ3v) is 5.88. The van der Waals surface area contributed by atoms with Crippen LogP contribution in [0.4, 0.5) is 5.69 Å². The van der Waals surface area contributed by atoms with Crippen molar-refractivity contribution in [1.29, 1.82) is 0 Å². The second-order valence-electron chi connectivity index (χ2n) is 8.02. The number of H-pyrrole nitrogens is 1. The zero-order valence-electron chi connectivity index (χ0n) is 17.4. The fraction of sp³-hybridized carbons (Fsp3) is 0.333. The van der Waals surface area contributed by atoms with Gasteiger partial charge in [0, 0.05) is 29.6 Å². The van der Waals surface area contributed by atoms with Crippen LogP contribution in [0.2, 0.25) is 0 Å². The number of para-hydroxylation sites is 3. The summed E-state index contributed by atoms with van der Waals surface area (Å²) in [6, 6.07) is 14.9. The molecule has 4 N–H and O–H groups in total.